The SMILES string of the molecule is CCCC(=O)[O-].CCCC[N+](CCCC)(CCCC)CCCC.CCCC[N+](CCCC)(CCCC)CCCC.[Cl-]. The van der Waals surface area contributed by atoms with Gasteiger partial charge in [0.1, 0.15) is 0 Å². The fraction of sp³-hybridized carbons (Fsp3) is 0.972. The lowest BCUT2D eigenvalue weighted by molar-refractivity contribution is -0.929. The van der Waals surface area contributed by atoms with E-state index < -0.39 is 5.97 Å². The van der Waals surface area contributed by atoms with Gasteiger partial charge in [-0.15, -0.1) is 0 Å². The van der Waals surface area contributed by atoms with E-state index in [-0.39, 0.29) is 18.8 Å². The highest BCUT2D eigenvalue weighted by Gasteiger charge is 2.25. The van der Waals surface area contributed by atoms with Crippen molar-refractivity contribution in [3.05, 3.63) is 0 Å². The van der Waals surface area contributed by atoms with Crippen LogP contribution in [0.25, 0.3) is 0 Å². The van der Waals surface area contributed by atoms with Gasteiger partial charge in [0.15, 0.2) is 0 Å². The molecule has 0 aliphatic carbocycles. The molecule has 0 heterocycles. The first-order chi connectivity index (χ1) is 19.3. The summed E-state index contributed by atoms with van der Waals surface area (Å²) in [5.41, 5.74) is 0. The second-order valence-electron chi connectivity index (χ2n) is 12.4. The van der Waals surface area contributed by atoms with E-state index in [1.807, 2.05) is 0 Å². The van der Waals surface area contributed by atoms with E-state index in [1.54, 1.807) is 6.92 Å². The molecular formula is C36H79ClN2O2. The van der Waals surface area contributed by atoms with E-state index in [2.05, 4.69) is 55.4 Å². The number of halogens is 1. The summed E-state index contributed by atoms with van der Waals surface area (Å²) < 4.78 is 2.84. The maximum absolute atomic E-state index is 9.49. The normalized spacial score (nSPS) is 11.1. The predicted octanol–water partition coefficient (Wildman–Crippen LogP) is 6.55. The van der Waals surface area contributed by atoms with Crippen LogP contribution in [0.5, 0.6) is 0 Å². The molecule has 0 unspecified atom stereocenters. The van der Waals surface area contributed by atoms with Gasteiger partial charge in [-0.3, -0.25) is 0 Å². The quantitative estimate of drug-likeness (QED) is 0.105. The highest BCUT2D eigenvalue weighted by atomic mass is 35.5. The number of unbranched alkanes of at least 4 members (excludes halogenated alkanes) is 8. The van der Waals surface area contributed by atoms with Crippen LogP contribution in [0.1, 0.15) is 178 Å². The maximum Gasteiger partial charge on any atom is 0.0786 e. The smallest absolute Gasteiger partial charge is 0.0786 e. The van der Waals surface area contributed by atoms with Crippen LogP contribution in [0.15, 0.2) is 0 Å². The van der Waals surface area contributed by atoms with Crippen molar-refractivity contribution in [2.45, 2.75) is 178 Å². The average molecular weight is 607 g/mol. The molecular weight excluding hydrogens is 528 g/mol. The minimum atomic E-state index is -0.961. The predicted molar refractivity (Wildman–Crippen MR) is 179 cm³/mol. The van der Waals surface area contributed by atoms with Crippen molar-refractivity contribution in [1.82, 2.24) is 0 Å². The fourth-order valence-electron chi connectivity index (χ4n) is 5.49. The van der Waals surface area contributed by atoms with Crippen LogP contribution in [0.3, 0.4) is 0 Å². The molecule has 252 valence electrons. The van der Waals surface area contributed by atoms with E-state index in [1.165, 1.54) is 164 Å². The van der Waals surface area contributed by atoms with Gasteiger partial charge >= 0.3 is 0 Å². The second kappa shape index (κ2) is 35.9. The maximum atomic E-state index is 9.49. The molecule has 0 atom stereocenters. The molecule has 0 saturated heterocycles. The molecule has 0 aliphatic rings. The Hall–Kier alpha value is -0.320. The van der Waals surface area contributed by atoms with Gasteiger partial charge in [-0.2, -0.15) is 0 Å². The summed E-state index contributed by atoms with van der Waals surface area (Å²) in [5.74, 6) is -0.961. The van der Waals surface area contributed by atoms with Crippen molar-refractivity contribution in [2.24, 2.45) is 0 Å². The first kappa shape index (κ1) is 47.6. The van der Waals surface area contributed by atoms with Gasteiger partial charge in [0.05, 0.1) is 52.4 Å². The van der Waals surface area contributed by atoms with Crippen LogP contribution in [0.4, 0.5) is 0 Å². The van der Waals surface area contributed by atoms with Crippen LogP contribution < -0.4 is 17.5 Å². The number of aliphatic carboxylic acids is 1. The van der Waals surface area contributed by atoms with Crippen LogP contribution in [-0.4, -0.2) is 67.3 Å². The zero-order valence-corrected chi connectivity index (χ0v) is 30.7. The number of carboxylic acid groups (broad SMARTS) is 1. The minimum Gasteiger partial charge on any atom is -1.00 e. The van der Waals surface area contributed by atoms with Gasteiger partial charge in [0.25, 0.3) is 0 Å². The van der Waals surface area contributed by atoms with Crippen molar-refractivity contribution in [3.8, 4) is 0 Å². The molecule has 4 nitrogen and oxygen atoms in total. The fourth-order valence-corrected chi connectivity index (χ4v) is 5.49. The summed E-state index contributed by atoms with van der Waals surface area (Å²) in [6, 6.07) is 0. The van der Waals surface area contributed by atoms with Gasteiger partial charge < -0.3 is 31.3 Å². The number of nitrogens with zero attached hydrogens (tertiary/aromatic N) is 2. The zero-order chi connectivity index (χ0) is 31.0. The van der Waals surface area contributed by atoms with Gasteiger partial charge in [-0.05, 0) is 57.8 Å². The Labute approximate surface area is 267 Å². The molecule has 0 aromatic rings. The van der Waals surface area contributed by atoms with Crippen LogP contribution >= 0.6 is 0 Å². The van der Waals surface area contributed by atoms with Crippen molar-refractivity contribution in [2.75, 3.05) is 52.4 Å². The van der Waals surface area contributed by atoms with E-state index in [0.29, 0.717) is 6.42 Å². The molecule has 0 rings (SSSR count). The summed E-state index contributed by atoms with van der Waals surface area (Å²) in [4.78, 5) is 9.49. The first-order valence-electron chi connectivity index (χ1n) is 18.2. The monoisotopic (exact) mass is 607 g/mol. The Balaban J connectivity index is -0.000000273. The Bertz CT molecular complexity index is 391. The molecule has 0 fully saturated rings. The lowest BCUT2D eigenvalue weighted by Crippen LogP contribution is -3.00. The zero-order valence-electron chi connectivity index (χ0n) is 30.0. The third kappa shape index (κ3) is 30.9. The largest absolute Gasteiger partial charge is 1.00 e. The Morgan fingerprint density at radius 3 is 0.634 bits per heavy atom. The average Bonchev–Trinajstić information content (AvgIpc) is 2.96. The minimum absolute atomic E-state index is 0. The molecule has 0 aromatic carbocycles. The number of quaternary nitrogens is 2. The Kier molecular flexibility index (Phi) is 41.7. The third-order valence-corrected chi connectivity index (χ3v) is 8.34. The number of carbonyl (C=O) groups is 1. The van der Waals surface area contributed by atoms with Gasteiger partial charge in [-0.1, -0.05) is 120 Å². The standard InChI is InChI=1S/2C16H36N.C4H8O2.ClH/c2*1-5-9-13-17(14-10-6-2,15-11-7-3)16-12-8-4;1-2-3-4(5)6;/h2*5-16H2,1-4H3;2-3H2,1H3,(H,5,6);1H/q2*+1;;/p-2. The van der Waals surface area contributed by atoms with Crippen molar-refractivity contribution in [1.29, 1.82) is 0 Å². The highest BCUT2D eigenvalue weighted by Crippen LogP contribution is 2.17. The van der Waals surface area contributed by atoms with Crippen LogP contribution in [0.2, 0.25) is 0 Å². The van der Waals surface area contributed by atoms with Crippen LogP contribution in [0, 0.1) is 0 Å². The number of hydrogen-bond acceptors (Lipinski definition) is 2. The van der Waals surface area contributed by atoms with Gasteiger partial charge in [0, 0.05) is 5.97 Å². The topological polar surface area (TPSA) is 40.1 Å². The number of carboxylic acids is 1. The number of carbonyl (C=O) groups excluding carboxylic acids is 1. The molecule has 0 spiro atoms. The first-order valence-corrected chi connectivity index (χ1v) is 18.2. The van der Waals surface area contributed by atoms with Crippen molar-refractivity contribution < 1.29 is 31.3 Å². The molecule has 0 aliphatic heterocycles. The number of hydrogen-bond donors (Lipinski definition) is 0. The summed E-state index contributed by atoms with van der Waals surface area (Å²) in [6.45, 7) is 31.8. The second-order valence-corrected chi connectivity index (χ2v) is 12.4. The lowest BCUT2D eigenvalue weighted by atomic mass is 10.1. The Morgan fingerprint density at radius 2 is 0.561 bits per heavy atom. The van der Waals surface area contributed by atoms with E-state index >= 15 is 0 Å². The lowest BCUT2D eigenvalue weighted by Gasteiger charge is -2.39. The van der Waals surface area contributed by atoms with E-state index in [9.17, 15) is 9.90 Å². The Morgan fingerprint density at radius 1 is 0.390 bits per heavy atom. The summed E-state index contributed by atoms with van der Waals surface area (Å²) in [7, 11) is 0. The summed E-state index contributed by atoms with van der Waals surface area (Å²) in [6.07, 6.45) is 23.0. The van der Waals surface area contributed by atoms with Gasteiger partial charge in [0.2, 0.25) is 0 Å². The summed E-state index contributed by atoms with van der Waals surface area (Å²) >= 11 is 0. The van der Waals surface area contributed by atoms with Crippen molar-refractivity contribution in [3.63, 3.8) is 0 Å². The van der Waals surface area contributed by atoms with Crippen LogP contribution in [-0.2, 0) is 4.79 Å². The highest BCUT2D eigenvalue weighted by molar-refractivity contribution is 5.63. The molecule has 41 heavy (non-hydrogen) atoms. The third-order valence-electron chi connectivity index (χ3n) is 8.34. The number of rotatable bonds is 26. The van der Waals surface area contributed by atoms with E-state index in [0.717, 1.165) is 0 Å². The molecule has 0 bridgehead atoms. The van der Waals surface area contributed by atoms with Gasteiger partial charge in [-0.25, -0.2) is 0 Å². The van der Waals surface area contributed by atoms with Crippen molar-refractivity contribution >= 4 is 5.97 Å². The molecule has 0 aromatic heterocycles. The molecule has 0 saturated carbocycles. The molecule has 0 radical (unpaired) electrons. The van der Waals surface area contributed by atoms with E-state index in [4.69, 9.17) is 0 Å². The molecule has 5 heteroatoms. The molecule has 0 N–H and O–H groups in total. The summed E-state index contributed by atoms with van der Waals surface area (Å²) in [5, 5.41) is 9.49. The molecule has 0 amide bonds.